The van der Waals surface area contributed by atoms with Crippen molar-refractivity contribution in [3.8, 4) is 23.8 Å². The van der Waals surface area contributed by atoms with Crippen molar-refractivity contribution >= 4 is 11.9 Å². The molecule has 22 heavy (non-hydrogen) atoms. The topological polar surface area (TPSA) is 73.9 Å². The first-order valence-corrected chi connectivity index (χ1v) is 6.67. The van der Waals surface area contributed by atoms with Crippen LogP contribution in [0.2, 0.25) is 0 Å². The second-order valence-corrected chi connectivity index (χ2v) is 4.33. The largest absolute Gasteiger partial charge is 0.493 e. The molecule has 0 saturated carbocycles. The van der Waals surface area contributed by atoms with E-state index < -0.39 is 11.9 Å². The number of ether oxygens (including phenoxy) is 3. The Hall–Kier alpha value is -2.68. The number of nitrogens with one attached hydrogen (secondary N) is 1. The van der Waals surface area contributed by atoms with Gasteiger partial charge in [0.15, 0.2) is 18.1 Å². The van der Waals surface area contributed by atoms with Gasteiger partial charge in [0.05, 0.1) is 20.8 Å². The maximum Gasteiger partial charge on any atom is 0.306 e. The first-order chi connectivity index (χ1) is 10.6. The highest BCUT2D eigenvalue weighted by Crippen LogP contribution is 2.27. The van der Waals surface area contributed by atoms with Gasteiger partial charge < -0.3 is 19.5 Å². The maximum absolute atomic E-state index is 11.6. The summed E-state index contributed by atoms with van der Waals surface area (Å²) in [7, 11) is 3.10. The van der Waals surface area contributed by atoms with Crippen LogP contribution in [0.5, 0.6) is 11.5 Å². The highest BCUT2D eigenvalue weighted by molar-refractivity contribution is 5.80. The highest BCUT2D eigenvalue weighted by Gasteiger charge is 2.09. The third-order valence-corrected chi connectivity index (χ3v) is 2.82. The zero-order valence-corrected chi connectivity index (χ0v) is 12.7. The van der Waals surface area contributed by atoms with Gasteiger partial charge in [-0.3, -0.25) is 9.59 Å². The number of esters is 1. The van der Waals surface area contributed by atoms with Crippen molar-refractivity contribution in [2.75, 3.05) is 27.4 Å². The molecule has 1 amide bonds. The van der Waals surface area contributed by atoms with Gasteiger partial charge in [-0.15, -0.1) is 6.42 Å². The predicted molar refractivity (Wildman–Crippen MR) is 80.7 cm³/mol. The zero-order valence-electron chi connectivity index (χ0n) is 12.7. The summed E-state index contributed by atoms with van der Waals surface area (Å²) in [5, 5.41) is 2.41. The lowest BCUT2D eigenvalue weighted by Crippen LogP contribution is -2.29. The van der Waals surface area contributed by atoms with Crippen LogP contribution >= 0.6 is 0 Å². The molecule has 0 fully saturated rings. The van der Waals surface area contributed by atoms with Crippen LogP contribution < -0.4 is 14.8 Å². The summed E-state index contributed by atoms with van der Waals surface area (Å²) < 4.78 is 15.2. The van der Waals surface area contributed by atoms with Crippen LogP contribution in [0.4, 0.5) is 0 Å². The van der Waals surface area contributed by atoms with Gasteiger partial charge in [-0.2, -0.15) is 0 Å². The van der Waals surface area contributed by atoms with E-state index in [0.717, 1.165) is 5.56 Å². The van der Waals surface area contributed by atoms with Crippen LogP contribution in [0.25, 0.3) is 0 Å². The van der Waals surface area contributed by atoms with E-state index in [1.54, 1.807) is 26.4 Å². The smallest absolute Gasteiger partial charge is 0.306 e. The lowest BCUT2D eigenvalue weighted by atomic mass is 10.1. The van der Waals surface area contributed by atoms with Crippen molar-refractivity contribution in [1.82, 2.24) is 5.32 Å². The van der Waals surface area contributed by atoms with E-state index in [1.807, 2.05) is 6.07 Å². The van der Waals surface area contributed by atoms with Crippen LogP contribution in [0.15, 0.2) is 18.2 Å². The molecular weight excluding hydrogens is 286 g/mol. The Morgan fingerprint density at radius 2 is 1.95 bits per heavy atom. The Kier molecular flexibility index (Phi) is 7.34. The molecule has 0 spiro atoms. The minimum Gasteiger partial charge on any atom is -0.493 e. The van der Waals surface area contributed by atoms with Crippen molar-refractivity contribution in [3.05, 3.63) is 23.8 Å². The number of benzene rings is 1. The Morgan fingerprint density at radius 1 is 1.23 bits per heavy atom. The molecule has 0 radical (unpaired) electrons. The molecule has 0 aliphatic carbocycles. The van der Waals surface area contributed by atoms with Crippen molar-refractivity contribution in [1.29, 1.82) is 0 Å². The number of rotatable bonds is 8. The molecule has 0 aromatic heterocycles. The molecule has 0 heterocycles. The van der Waals surface area contributed by atoms with Gasteiger partial charge in [0, 0.05) is 6.42 Å². The first-order valence-electron chi connectivity index (χ1n) is 6.67. The number of methoxy groups -OCH3 is 2. The fourth-order valence-corrected chi connectivity index (χ4v) is 1.70. The van der Waals surface area contributed by atoms with Gasteiger partial charge >= 0.3 is 5.97 Å². The minimum absolute atomic E-state index is 0.113. The van der Waals surface area contributed by atoms with E-state index in [2.05, 4.69) is 11.2 Å². The lowest BCUT2D eigenvalue weighted by Gasteiger charge is -2.09. The second-order valence-electron chi connectivity index (χ2n) is 4.33. The van der Waals surface area contributed by atoms with E-state index in [4.69, 9.17) is 20.6 Å². The summed E-state index contributed by atoms with van der Waals surface area (Å²) in [6.07, 6.45) is 5.64. The second kappa shape index (κ2) is 9.29. The number of hydrogen-bond donors (Lipinski definition) is 1. The van der Waals surface area contributed by atoms with Crippen LogP contribution in [-0.2, 0) is 20.7 Å². The molecule has 1 aromatic rings. The summed E-state index contributed by atoms with van der Waals surface area (Å²) >= 11 is 0. The maximum atomic E-state index is 11.6. The van der Waals surface area contributed by atoms with Crippen molar-refractivity contribution in [2.24, 2.45) is 0 Å². The van der Waals surface area contributed by atoms with E-state index in [9.17, 15) is 9.59 Å². The molecule has 0 atom stereocenters. The highest BCUT2D eigenvalue weighted by atomic mass is 16.5. The van der Waals surface area contributed by atoms with Crippen molar-refractivity contribution in [2.45, 2.75) is 12.8 Å². The Balaban J connectivity index is 2.41. The zero-order chi connectivity index (χ0) is 16.4. The molecule has 6 nitrogen and oxygen atoms in total. The average Bonchev–Trinajstić information content (AvgIpc) is 2.55. The van der Waals surface area contributed by atoms with Gasteiger partial charge in [-0.25, -0.2) is 0 Å². The molecular formula is C16H19NO5. The lowest BCUT2D eigenvalue weighted by molar-refractivity contribution is -0.148. The van der Waals surface area contributed by atoms with Gasteiger partial charge in [0.1, 0.15) is 0 Å². The monoisotopic (exact) mass is 305 g/mol. The van der Waals surface area contributed by atoms with Crippen LogP contribution in [0.3, 0.4) is 0 Å². The molecule has 0 bridgehead atoms. The predicted octanol–water partition coefficient (Wildman–Crippen LogP) is 0.929. The summed E-state index contributed by atoms with van der Waals surface area (Å²) in [5.41, 5.74) is 0.909. The summed E-state index contributed by atoms with van der Waals surface area (Å²) in [6, 6.07) is 5.41. The normalized spacial score (nSPS) is 9.50. The van der Waals surface area contributed by atoms with Crippen LogP contribution in [0.1, 0.15) is 12.0 Å². The molecule has 0 saturated heterocycles. The summed E-state index contributed by atoms with van der Waals surface area (Å²) in [5.74, 6) is 2.61. The number of carbonyl (C=O) groups excluding carboxylic acids is 2. The number of carbonyl (C=O) groups is 2. The standard InChI is InChI=1S/C16H19NO5/c1-4-9-17-15(18)11-22-16(19)8-6-12-5-7-13(20-2)14(10-12)21-3/h1,5,7,10H,6,8-9,11H2,2-3H3,(H,17,18). The molecule has 1 aromatic carbocycles. The van der Waals surface area contributed by atoms with E-state index in [1.165, 1.54) is 0 Å². The number of amides is 1. The molecule has 1 N–H and O–H groups in total. The van der Waals surface area contributed by atoms with E-state index in [-0.39, 0.29) is 19.6 Å². The van der Waals surface area contributed by atoms with Crippen molar-refractivity contribution in [3.63, 3.8) is 0 Å². The molecule has 0 aliphatic rings. The van der Waals surface area contributed by atoms with Gasteiger partial charge in [0.2, 0.25) is 0 Å². The molecule has 0 unspecified atom stereocenters. The third kappa shape index (κ3) is 5.75. The third-order valence-electron chi connectivity index (χ3n) is 2.82. The number of aryl methyl sites for hydroxylation is 1. The van der Waals surface area contributed by atoms with Crippen LogP contribution in [-0.4, -0.2) is 39.2 Å². The quantitative estimate of drug-likeness (QED) is 0.571. The van der Waals surface area contributed by atoms with Crippen LogP contribution in [0, 0.1) is 12.3 Å². The van der Waals surface area contributed by atoms with E-state index in [0.29, 0.717) is 17.9 Å². The van der Waals surface area contributed by atoms with Gasteiger partial charge in [0.25, 0.3) is 5.91 Å². The summed E-state index contributed by atoms with van der Waals surface area (Å²) in [4.78, 5) is 22.8. The average molecular weight is 305 g/mol. The van der Waals surface area contributed by atoms with Gasteiger partial charge in [-0.1, -0.05) is 12.0 Å². The van der Waals surface area contributed by atoms with Crippen molar-refractivity contribution < 1.29 is 23.8 Å². The minimum atomic E-state index is -0.453. The molecule has 1 rings (SSSR count). The Labute approximate surface area is 129 Å². The summed E-state index contributed by atoms with van der Waals surface area (Å²) in [6.45, 7) is -0.214. The fraction of sp³-hybridized carbons (Fsp3) is 0.375. The first kappa shape index (κ1) is 17.4. The number of terminal acetylenes is 1. The molecule has 118 valence electrons. The molecule has 0 aliphatic heterocycles. The fourth-order valence-electron chi connectivity index (χ4n) is 1.70. The van der Waals surface area contributed by atoms with Gasteiger partial charge in [-0.05, 0) is 24.1 Å². The number of hydrogen-bond acceptors (Lipinski definition) is 5. The van der Waals surface area contributed by atoms with E-state index >= 15 is 0 Å². The SMILES string of the molecule is C#CCNC(=O)COC(=O)CCc1ccc(OC)c(OC)c1. The molecule has 6 heteroatoms. The Bertz CT molecular complexity index is 562. The Morgan fingerprint density at radius 3 is 2.59 bits per heavy atom.